The van der Waals surface area contributed by atoms with Gasteiger partial charge in [0, 0.05) is 46.0 Å². The predicted octanol–water partition coefficient (Wildman–Crippen LogP) is 3.01. The number of fused-ring (bicyclic) bond motifs is 7. The molecule has 206 valence electrons. The second-order valence-electron chi connectivity index (χ2n) is 12.6. The molecule has 9 atom stereocenters. The Hall–Kier alpha value is -2.23. The number of carbonyl (C=O) groups is 1. The van der Waals surface area contributed by atoms with Crippen molar-refractivity contribution in [1.29, 1.82) is 0 Å². The smallest absolute Gasteiger partial charge is 0.229 e. The fourth-order valence-corrected chi connectivity index (χ4v) is 8.36. The number of aromatic nitrogens is 1. The molecule has 38 heavy (non-hydrogen) atoms. The van der Waals surface area contributed by atoms with Crippen LogP contribution >= 0.6 is 0 Å². The van der Waals surface area contributed by atoms with Crippen molar-refractivity contribution < 1.29 is 34.3 Å². The number of rotatable bonds is 4. The number of aliphatic hydroxyl groups is 3. The standard InChI is InChI=1S/C30H39NO7/c1-28(2)21-9-6-15-12-18-17-8-7-16(37-27-24(35)23(34)25(36-5)20(14-32)38-27)13-19(17)31-26(18)30(15,4)29(21,3)11-10-22(28)33/h7-8,10-11,13,15,20-21,23-25,27,31-32,34-35H,6,9,12,14H2,1-5H3/t15-,20-,21+,23-,24-,25-,27-,29+,30-/m1/s1. The molecule has 1 aliphatic heterocycles. The van der Waals surface area contributed by atoms with E-state index in [1.807, 2.05) is 24.3 Å². The van der Waals surface area contributed by atoms with Crippen LogP contribution in [-0.4, -0.2) is 70.5 Å². The molecule has 3 aliphatic carbocycles. The van der Waals surface area contributed by atoms with Crippen molar-refractivity contribution in [2.75, 3.05) is 13.7 Å². The summed E-state index contributed by atoms with van der Waals surface area (Å²) in [5.41, 5.74) is 2.81. The number of nitrogens with one attached hydrogen (secondary N) is 1. The lowest BCUT2D eigenvalue weighted by Gasteiger charge is -2.60. The minimum Gasteiger partial charge on any atom is -0.462 e. The van der Waals surface area contributed by atoms with E-state index >= 15 is 0 Å². The molecule has 0 spiro atoms. The molecule has 1 saturated heterocycles. The van der Waals surface area contributed by atoms with Crippen LogP contribution in [0.25, 0.3) is 10.9 Å². The molecule has 8 heteroatoms. The van der Waals surface area contributed by atoms with E-state index < -0.39 is 36.1 Å². The van der Waals surface area contributed by atoms with E-state index in [1.54, 1.807) is 0 Å². The first-order valence-corrected chi connectivity index (χ1v) is 13.7. The van der Waals surface area contributed by atoms with E-state index in [0.29, 0.717) is 11.7 Å². The zero-order valence-corrected chi connectivity index (χ0v) is 22.7. The zero-order valence-electron chi connectivity index (χ0n) is 22.7. The van der Waals surface area contributed by atoms with Crippen molar-refractivity contribution >= 4 is 16.7 Å². The van der Waals surface area contributed by atoms with Gasteiger partial charge < -0.3 is 34.5 Å². The number of methoxy groups -OCH3 is 1. The second-order valence-corrected chi connectivity index (χ2v) is 12.6. The largest absolute Gasteiger partial charge is 0.462 e. The molecule has 2 heterocycles. The molecular weight excluding hydrogens is 486 g/mol. The van der Waals surface area contributed by atoms with Crippen molar-refractivity contribution in [1.82, 2.24) is 4.98 Å². The highest BCUT2D eigenvalue weighted by Gasteiger charge is 2.64. The van der Waals surface area contributed by atoms with Gasteiger partial charge in [-0.3, -0.25) is 4.79 Å². The highest BCUT2D eigenvalue weighted by molar-refractivity contribution is 5.96. The zero-order chi connectivity index (χ0) is 27.2. The lowest BCUT2D eigenvalue weighted by molar-refractivity contribution is -0.281. The third kappa shape index (κ3) is 3.30. The van der Waals surface area contributed by atoms with Crippen molar-refractivity contribution in [2.45, 2.75) is 83.1 Å². The van der Waals surface area contributed by atoms with E-state index in [9.17, 15) is 20.1 Å². The summed E-state index contributed by atoms with van der Waals surface area (Å²) in [6.45, 7) is 8.53. The SMILES string of the molecule is CO[C@H]1[C@H](O)[C@@H](O)[C@H](Oc2ccc3c4c([nH]c3c2)[C@@]2(C)[C@H](CC[C@H]3C(C)(C)C(=O)C=C[C@@]32C)C4)O[C@@H]1CO. The Morgan fingerprint density at radius 3 is 2.61 bits per heavy atom. The monoisotopic (exact) mass is 525 g/mol. The quantitative estimate of drug-likeness (QED) is 0.484. The maximum atomic E-state index is 12.8. The fraction of sp³-hybridized carbons (Fsp3) is 0.633. The molecular formula is C30H39NO7. The Bertz CT molecular complexity index is 1300. The lowest BCUT2D eigenvalue weighted by atomic mass is 9.43. The number of allylic oxidation sites excluding steroid dienone is 2. The van der Waals surface area contributed by atoms with Gasteiger partial charge in [-0.2, -0.15) is 0 Å². The van der Waals surface area contributed by atoms with Gasteiger partial charge in [-0.15, -0.1) is 0 Å². The molecule has 0 unspecified atom stereocenters. The molecule has 0 bridgehead atoms. The van der Waals surface area contributed by atoms with Gasteiger partial charge in [-0.25, -0.2) is 0 Å². The molecule has 1 aromatic carbocycles. The highest BCUT2D eigenvalue weighted by atomic mass is 16.7. The lowest BCUT2D eigenvalue weighted by Crippen LogP contribution is -2.60. The molecule has 2 fully saturated rings. The average Bonchev–Trinajstić information content (AvgIpc) is 3.39. The number of hydrogen-bond acceptors (Lipinski definition) is 7. The van der Waals surface area contributed by atoms with E-state index in [4.69, 9.17) is 14.2 Å². The number of ketones is 1. The Labute approximate surface area is 223 Å². The fourth-order valence-electron chi connectivity index (χ4n) is 8.36. The summed E-state index contributed by atoms with van der Waals surface area (Å²) >= 11 is 0. The number of aliphatic hydroxyl groups excluding tert-OH is 3. The van der Waals surface area contributed by atoms with E-state index in [2.05, 4.69) is 38.8 Å². The molecule has 4 aliphatic rings. The van der Waals surface area contributed by atoms with Gasteiger partial charge in [0.2, 0.25) is 6.29 Å². The molecule has 6 rings (SSSR count). The molecule has 0 radical (unpaired) electrons. The molecule has 1 aromatic heterocycles. The molecule has 2 aromatic rings. The van der Waals surface area contributed by atoms with Crippen LogP contribution in [-0.2, 0) is 26.1 Å². The minimum atomic E-state index is -1.34. The summed E-state index contributed by atoms with van der Waals surface area (Å²) in [5.74, 6) is 1.46. The molecule has 1 saturated carbocycles. The summed E-state index contributed by atoms with van der Waals surface area (Å²) in [4.78, 5) is 16.6. The number of aromatic amines is 1. The third-order valence-electron chi connectivity index (χ3n) is 10.7. The number of benzene rings is 1. The summed E-state index contributed by atoms with van der Waals surface area (Å²) in [6.07, 6.45) is 1.71. The van der Waals surface area contributed by atoms with Crippen LogP contribution in [0.2, 0.25) is 0 Å². The van der Waals surface area contributed by atoms with Gasteiger partial charge in [-0.1, -0.05) is 33.8 Å². The van der Waals surface area contributed by atoms with Gasteiger partial charge in [-0.05, 0) is 54.9 Å². The van der Waals surface area contributed by atoms with E-state index in [1.165, 1.54) is 18.4 Å². The molecule has 4 N–H and O–H groups in total. The first-order valence-electron chi connectivity index (χ1n) is 13.7. The number of hydrogen-bond donors (Lipinski definition) is 4. The van der Waals surface area contributed by atoms with Crippen molar-refractivity contribution in [3.8, 4) is 5.75 Å². The first-order chi connectivity index (χ1) is 18.0. The molecule has 8 nitrogen and oxygen atoms in total. The third-order valence-corrected chi connectivity index (χ3v) is 10.7. The average molecular weight is 526 g/mol. The Balaban J connectivity index is 1.34. The van der Waals surface area contributed by atoms with Gasteiger partial charge in [0.25, 0.3) is 0 Å². The summed E-state index contributed by atoms with van der Waals surface area (Å²) in [6, 6.07) is 5.79. The Kier molecular flexibility index (Phi) is 5.91. The van der Waals surface area contributed by atoms with Gasteiger partial charge in [0.15, 0.2) is 5.78 Å². The number of H-pyrrole nitrogens is 1. The normalized spacial score (nSPS) is 41.6. The van der Waals surface area contributed by atoms with Crippen LogP contribution in [0, 0.1) is 22.7 Å². The number of carbonyl (C=O) groups excluding carboxylic acids is 1. The molecule has 0 amide bonds. The number of ether oxygens (including phenoxy) is 3. The van der Waals surface area contributed by atoms with Crippen LogP contribution in [0.15, 0.2) is 30.4 Å². The van der Waals surface area contributed by atoms with Crippen LogP contribution in [0.5, 0.6) is 5.75 Å². The maximum Gasteiger partial charge on any atom is 0.229 e. The Morgan fingerprint density at radius 2 is 1.89 bits per heavy atom. The van der Waals surface area contributed by atoms with Crippen molar-refractivity contribution in [2.24, 2.45) is 22.7 Å². The van der Waals surface area contributed by atoms with Crippen molar-refractivity contribution in [3.63, 3.8) is 0 Å². The Morgan fingerprint density at radius 1 is 1.13 bits per heavy atom. The first kappa shape index (κ1) is 26.0. The van der Waals surface area contributed by atoms with Crippen LogP contribution in [0.1, 0.15) is 51.8 Å². The summed E-state index contributed by atoms with van der Waals surface area (Å²) in [5, 5.41) is 31.9. The highest BCUT2D eigenvalue weighted by Crippen LogP contribution is 2.67. The van der Waals surface area contributed by atoms with Crippen LogP contribution < -0.4 is 4.74 Å². The van der Waals surface area contributed by atoms with Gasteiger partial charge in [0.05, 0.1) is 6.61 Å². The van der Waals surface area contributed by atoms with Crippen molar-refractivity contribution in [3.05, 3.63) is 41.6 Å². The van der Waals surface area contributed by atoms with Crippen LogP contribution in [0.3, 0.4) is 0 Å². The topological polar surface area (TPSA) is 121 Å². The van der Waals surface area contributed by atoms with Gasteiger partial charge >= 0.3 is 0 Å². The second kappa shape index (κ2) is 8.63. The predicted molar refractivity (Wildman–Crippen MR) is 141 cm³/mol. The van der Waals surface area contributed by atoms with Crippen LogP contribution in [0.4, 0.5) is 0 Å². The minimum absolute atomic E-state index is 0.143. The maximum absolute atomic E-state index is 12.8. The van der Waals surface area contributed by atoms with Gasteiger partial charge in [0.1, 0.15) is 30.2 Å². The van der Waals surface area contributed by atoms with E-state index in [-0.39, 0.29) is 29.1 Å². The summed E-state index contributed by atoms with van der Waals surface area (Å²) in [7, 11) is 1.40. The van der Waals surface area contributed by atoms with E-state index in [0.717, 1.165) is 30.2 Å². The summed E-state index contributed by atoms with van der Waals surface area (Å²) < 4.78 is 16.9.